The molecule has 2 aliphatic rings. The van der Waals surface area contributed by atoms with E-state index in [1.807, 2.05) is 0 Å². The molecule has 1 fully saturated rings. The minimum atomic E-state index is -0.862. The third kappa shape index (κ3) is 3.26. The normalized spacial score (nSPS) is 25.9. The van der Waals surface area contributed by atoms with Gasteiger partial charge in [0.25, 0.3) is 0 Å². The fourth-order valence-corrected chi connectivity index (χ4v) is 2.49. The van der Waals surface area contributed by atoms with Gasteiger partial charge in [-0.25, -0.2) is 4.79 Å². The minimum absolute atomic E-state index is 0.0534. The highest BCUT2D eigenvalue weighted by Gasteiger charge is 2.31. The molecular weight excluding hydrogens is 248 g/mol. The van der Waals surface area contributed by atoms with E-state index < -0.39 is 11.9 Å². The van der Waals surface area contributed by atoms with E-state index in [4.69, 9.17) is 10.2 Å². The van der Waals surface area contributed by atoms with Crippen molar-refractivity contribution in [2.75, 3.05) is 13.2 Å². The SMILES string of the molecule is O=C(O)C1C=CC(NC(=O)N(CCO)C2CCC2)C1. The highest BCUT2D eigenvalue weighted by atomic mass is 16.4. The maximum absolute atomic E-state index is 12.1. The van der Waals surface area contributed by atoms with E-state index in [-0.39, 0.29) is 24.7 Å². The summed E-state index contributed by atoms with van der Waals surface area (Å²) in [5.74, 6) is -1.38. The van der Waals surface area contributed by atoms with Gasteiger partial charge in [0.15, 0.2) is 0 Å². The molecule has 0 bridgehead atoms. The number of carboxylic acid groups (broad SMARTS) is 1. The Hall–Kier alpha value is -1.56. The number of carboxylic acids is 1. The highest BCUT2D eigenvalue weighted by Crippen LogP contribution is 2.25. The van der Waals surface area contributed by atoms with Crippen molar-refractivity contribution in [3.63, 3.8) is 0 Å². The minimum Gasteiger partial charge on any atom is -0.481 e. The van der Waals surface area contributed by atoms with Crippen molar-refractivity contribution >= 4 is 12.0 Å². The standard InChI is InChI=1S/C13H20N2O4/c16-7-6-15(11-2-1-3-11)13(19)14-10-5-4-9(8-10)12(17)18/h4-5,9-11,16H,1-3,6-8H2,(H,14,19)(H,17,18). The number of urea groups is 1. The largest absolute Gasteiger partial charge is 0.481 e. The molecule has 0 saturated heterocycles. The fraction of sp³-hybridized carbons (Fsp3) is 0.692. The van der Waals surface area contributed by atoms with E-state index in [0.717, 1.165) is 19.3 Å². The van der Waals surface area contributed by atoms with Crippen molar-refractivity contribution in [3.05, 3.63) is 12.2 Å². The van der Waals surface area contributed by atoms with Gasteiger partial charge < -0.3 is 20.4 Å². The average molecular weight is 268 g/mol. The summed E-state index contributed by atoms with van der Waals surface area (Å²) in [6.07, 6.45) is 6.82. The monoisotopic (exact) mass is 268 g/mol. The first kappa shape index (κ1) is 13.9. The van der Waals surface area contributed by atoms with Gasteiger partial charge >= 0.3 is 12.0 Å². The van der Waals surface area contributed by atoms with Gasteiger partial charge in [0.2, 0.25) is 0 Å². The van der Waals surface area contributed by atoms with Crippen LogP contribution in [0.4, 0.5) is 4.79 Å². The molecule has 2 unspecified atom stereocenters. The summed E-state index contributed by atoms with van der Waals surface area (Å²) in [6.45, 7) is 0.275. The molecule has 2 rings (SSSR count). The van der Waals surface area contributed by atoms with Crippen LogP contribution in [0.5, 0.6) is 0 Å². The number of hydrogen-bond acceptors (Lipinski definition) is 3. The first-order valence-corrected chi connectivity index (χ1v) is 6.71. The molecule has 2 atom stereocenters. The molecule has 6 nitrogen and oxygen atoms in total. The third-order valence-corrected chi connectivity index (χ3v) is 3.83. The van der Waals surface area contributed by atoms with E-state index in [1.54, 1.807) is 17.1 Å². The van der Waals surface area contributed by atoms with Crippen LogP contribution in [0.25, 0.3) is 0 Å². The first-order valence-electron chi connectivity index (χ1n) is 6.71. The second-order valence-electron chi connectivity index (χ2n) is 5.12. The lowest BCUT2D eigenvalue weighted by Crippen LogP contribution is -2.52. The molecule has 2 amide bonds. The van der Waals surface area contributed by atoms with Crippen LogP contribution < -0.4 is 5.32 Å². The fourth-order valence-electron chi connectivity index (χ4n) is 2.49. The Balaban J connectivity index is 1.85. The number of carbonyl (C=O) groups excluding carboxylic acids is 1. The lowest BCUT2D eigenvalue weighted by atomic mass is 9.91. The number of aliphatic hydroxyl groups excluding tert-OH is 1. The third-order valence-electron chi connectivity index (χ3n) is 3.83. The van der Waals surface area contributed by atoms with E-state index in [9.17, 15) is 9.59 Å². The molecule has 2 aliphatic carbocycles. The molecule has 0 aliphatic heterocycles. The number of aliphatic carboxylic acids is 1. The molecular formula is C13H20N2O4. The smallest absolute Gasteiger partial charge is 0.318 e. The summed E-state index contributed by atoms with van der Waals surface area (Å²) in [6, 6.07) is -0.220. The molecule has 1 saturated carbocycles. The summed E-state index contributed by atoms with van der Waals surface area (Å²) in [4.78, 5) is 24.6. The number of hydrogen-bond donors (Lipinski definition) is 3. The number of amides is 2. The lowest BCUT2D eigenvalue weighted by molar-refractivity contribution is -0.140. The Bertz CT molecular complexity index is 379. The zero-order chi connectivity index (χ0) is 13.8. The molecule has 0 aromatic heterocycles. The van der Waals surface area contributed by atoms with Crippen molar-refractivity contribution in [2.45, 2.75) is 37.8 Å². The molecule has 106 valence electrons. The number of rotatable bonds is 5. The van der Waals surface area contributed by atoms with E-state index >= 15 is 0 Å². The van der Waals surface area contributed by atoms with Crippen LogP contribution in [-0.4, -0.2) is 52.3 Å². The van der Waals surface area contributed by atoms with Crippen molar-refractivity contribution in [1.29, 1.82) is 0 Å². The van der Waals surface area contributed by atoms with Crippen molar-refractivity contribution < 1.29 is 19.8 Å². The van der Waals surface area contributed by atoms with Gasteiger partial charge in [-0.3, -0.25) is 4.79 Å². The molecule has 6 heteroatoms. The van der Waals surface area contributed by atoms with Gasteiger partial charge in [-0.05, 0) is 25.7 Å². The number of carbonyl (C=O) groups is 2. The topological polar surface area (TPSA) is 89.9 Å². The first-order chi connectivity index (χ1) is 9.11. The summed E-state index contributed by atoms with van der Waals surface area (Å²) < 4.78 is 0. The molecule has 0 heterocycles. The zero-order valence-electron chi connectivity index (χ0n) is 10.8. The van der Waals surface area contributed by atoms with Crippen molar-refractivity contribution in [3.8, 4) is 0 Å². The zero-order valence-corrected chi connectivity index (χ0v) is 10.8. The molecule has 0 aromatic carbocycles. The van der Waals surface area contributed by atoms with Crippen LogP contribution in [0, 0.1) is 5.92 Å². The van der Waals surface area contributed by atoms with Crippen LogP contribution in [0.15, 0.2) is 12.2 Å². The Morgan fingerprint density at radius 2 is 2.05 bits per heavy atom. The Morgan fingerprint density at radius 3 is 2.53 bits per heavy atom. The second kappa shape index (κ2) is 6.06. The van der Waals surface area contributed by atoms with Gasteiger partial charge in [-0.1, -0.05) is 12.2 Å². The van der Waals surface area contributed by atoms with Crippen LogP contribution in [0.2, 0.25) is 0 Å². The van der Waals surface area contributed by atoms with Crippen LogP contribution >= 0.6 is 0 Å². The van der Waals surface area contributed by atoms with Crippen molar-refractivity contribution in [2.24, 2.45) is 5.92 Å². The van der Waals surface area contributed by atoms with Crippen LogP contribution in [-0.2, 0) is 4.79 Å². The Labute approximate surface area is 112 Å². The average Bonchev–Trinajstić information content (AvgIpc) is 2.74. The highest BCUT2D eigenvalue weighted by molar-refractivity contribution is 5.76. The molecule has 3 N–H and O–H groups in total. The number of nitrogens with one attached hydrogen (secondary N) is 1. The molecule has 19 heavy (non-hydrogen) atoms. The van der Waals surface area contributed by atoms with Gasteiger partial charge in [0, 0.05) is 12.6 Å². The number of aliphatic hydroxyl groups is 1. The second-order valence-corrected chi connectivity index (χ2v) is 5.12. The predicted octanol–water partition coefficient (Wildman–Crippen LogP) is 0.572. The predicted molar refractivity (Wildman–Crippen MR) is 68.6 cm³/mol. The number of nitrogens with zero attached hydrogens (tertiary/aromatic N) is 1. The van der Waals surface area contributed by atoms with E-state index in [2.05, 4.69) is 5.32 Å². The summed E-state index contributed by atoms with van der Waals surface area (Å²) in [5.41, 5.74) is 0. The summed E-state index contributed by atoms with van der Waals surface area (Å²) in [7, 11) is 0. The summed E-state index contributed by atoms with van der Waals surface area (Å²) in [5, 5.41) is 20.7. The van der Waals surface area contributed by atoms with Crippen LogP contribution in [0.3, 0.4) is 0 Å². The van der Waals surface area contributed by atoms with Gasteiger partial charge in [0.05, 0.1) is 18.6 Å². The Morgan fingerprint density at radius 1 is 1.32 bits per heavy atom. The van der Waals surface area contributed by atoms with E-state index in [0.29, 0.717) is 13.0 Å². The molecule has 0 radical (unpaired) electrons. The maximum Gasteiger partial charge on any atom is 0.318 e. The van der Waals surface area contributed by atoms with Gasteiger partial charge in [-0.15, -0.1) is 0 Å². The maximum atomic E-state index is 12.1. The quantitative estimate of drug-likeness (QED) is 0.636. The molecule has 0 aromatic rings. The van der Waals surface area contributed by atoms with Crippen molar-refractivity contribution in [1.82, 2.24) is 10.2 Å². The summed E-state index contributed by atoms with van der Waals surface area (Å²) >= 11 is 0. The van der Waals surface area contributed by atoms with E-state index in [1.165, 1.54) is 0 Å². The van der Waals surface area contributed by atoms with Crippen LogP contribution in [0.1, 0.15) is 25.7 Å². The van der Waals surface area contributed by atoms with Gasteiger partial charge in [0.1, 0.15) is 0 Å². The lowest BCUT2D eigenvalue weighted by Gasteiger charge is -2.37. The molecule has 0 spiro atoms. The van der Waals surface area contributed by atoms with Gasteiger partial charge in [-0.2, -0.15) is 0 Å². The Kier molecular flexibility index (Phi) is 4.42.